The number of hydrogen-bond acceptors (Lipinski definition) is 2. The third-order valence-corrected chi connectivity index (χ3v) is 3.21. The highest BCUT2D eigenvalue weighted by atomic mass is 35.5. The van der Waals surface area contributed by atoms with Gasteiger partial charge in [0.1, 0.15) is 0 Å². The Hall–Kier alpha value is -1.35. The molecule has 2 rings (SSSR count). The van der Waals surface area contributed by atoms with Gasteiger partial charge in [-0.2, -0.15) is 0 Å². The molecule has 1 aromatic rings. The van der Waals surface area contributed by atoms with Gasteiger partial charge >= 0.3 is 0 Å². The lowest BCUT2D eigenvalue weighted by Crippen LogP contribution is -2.40. The van der Waals surface area contributed by atoms with Gasteiger partial charge in [0.05, 0.1) is 0 Å². The Balaban J connectivity index is 2.20. The smallest absolute Gasteiger partial charge is 0.260 e. The van der Waals surface area contributed by atoms with Crippen molar-refractivity contribution in [3.8, 4) is 0 Å². The number of halogens is 1. The van der Waals surface area contributed by atoms with E-state index in [-0.39, 0.29) is 11.8 Å². The quantitative estimate of drug-likeness (QED) is 0.599. The van der Waals surface area contributed by atoms with Crippen LogP contribution < -0.4 is 0 Å². The number of imide groups is 1. The fraction of sp³-hybridized carbons (Fsp3) is 0.385. The van der Waals surface area contributed by atoms with Crippen LogP contribution in [0.5, 0.6) is 0 Å². The molecule has 1 fully saturated rings. The van der Waals surface area contributed by atoms with E-state index in [1.54, 1.807) is 18.2 Å². The van der Waals surface area contributed by atoms with Crippen LogP contribution in [0.4, 0.5) is 0 Å². The summed E-state index contributed by atoms with van der Waals surface area (Å²) in [5.41, 5.74) is 1.43. The maximum atomic E-state index is 12.1. The first-order valence-corrected chi connectivity index (χ1v) is 6.25. The number of piperidine rings is 1. The molecular formula is C13H14ClNO2. The summed E-state index contributed by atoms with van der Waals surface area (Å²) < 4.78 is 0. The monoisotopic (exact) mass is 251 g/mol. The minimum absolute atomic E-state index is 0.0717. The number of likely N-dealkylation sites (tertiary alicyclic amines) is 1. The largest absolute Gasteiger partial charge is 0.279 e. The van der Waals surface area contributed by atoms with Gasteiger partial charge in [0, 0.05) is 24.4 Å². The van der Waals surface area contributed by atoms with Gasteiger partial charge in [0.25, 0.3) is 5.91 Å². The molecule has 0 unspecified atom stereocenters. The number of carbonyl (C=O) groups excluding carboxylic acids is 2. The zero-order chi connectivity index (χ0) is 12.3. The molecule has 90 valence electrons. The fourth-order valence-corrected chi connectivity index (χ4v) is 2.13. The molecule has 1 aliphatic rings. The Morgan fingerprint density at radius 3 is 2.88 bits per heavy atom. The number of alkyl halides is 1. The predicted molar refractivity (Wildman–Crippen MR) is 65.9 cm³/mol. The van der Waals surface area contributed by atoms with Crippen LogP contribution in [0.1, 0.15) is 35.2 Å². The molecule has 0 bridgehead atoms. The predicted octanol–water partition coefficient (Wildman–Crippen LogP) is 2.58. The van der Waals surface area contributed by atoms with Gasteiger partial charge in [-0.1, -0.05) is 12.1 Å². The van der Waals surface area contributed by atoms with Gasteiger partial charge in [-0.25, -0.2) is 0 Å². The minimum Gasteiger partial charge on any atom is -0.279 e. The third kappa shape index (κ3) is 2.67. The van der Waals surface area contributed by atoms with Crippen LogP contribution in [0, 0.1) is 0 Å². The summed E-state index contributed by atoms with van der Waals surface area (Å²) in [7, 11) is 0. The Kier molecular flexibility index (Phi) is 3.79. The summed E-state index contributed by atoms with van der Waals surface area (Å²) in [5, 5.41) is 0. The second-order valence-electron chi connectivity index (χ2n) is 4.14. The number of hydrogen-bond donors (Lipinski definition) is 0. The van der Waals surface area contributed by atoms with E-state index in [2.05, 4.69) is 0 Å². The number of nitrogens with zero attached hydrogens (tertiary/aromatic N) is 1. The van der Waals surface area contributed by atoms with E-state index in [9.17, 15) is 9.59 Å². The fourth-order valence-electron chi connectivity index (χ4n) is 1.96. The van der Waals surface area contributed by atoms with Crippen LogP contribution in [0.2, 0.25) is 0 Å². The Morgan fingerprint density at radius 2 is 2.18 bits per heavy atom. The van der Waals surface area contributed by atoms with E-state index in [1.807, 2.05) is 6.07 Å². The molecule has 17 heavy (non-hydrogen) atoms. The van der Waals surface area contributed by atoms with Crippen molar-refractivity contribution in [1.82, 2.24) is 4.90 Å². The van der Waals surface area contributed by atoms with Crippen molar-refractivity contribution in [2.24, 2.45) is 0 Å². The molecule has 0 aliphatic carbocycles. The molecule has 1 aliphatic heterocycles. The van der Waals surface area contributed by atoms with E-state index in [1.165, 1.54) is 4.90 Å². The van der Waals surface area contributed by atoms with Gasteiger partial charge < -0.3 is 0 Å². The van der Waals surface area contributed by atoms with Crippen molar-refractivity contribution >= 4 is 23.4 Å². The number of rotatable bonds is 2. The average molecular weight is 252 g/mol. The first-order valence-electron chi connectivity index (χ1n) is 5.72. The first kappa shape index (κ1) is 12.1. The molecule has 1 aromatic carbocycles. The zero-order valence-electron chi connectivity index (χ0n) is 9.49. The highest BCUT2D eigenvalue weighted by Crippen LogP contribution is 2.16. The average Bonchev–Trinajstić information content (AvgIpc) is 2.38. The Labute approximate surface area is 105 Å². The van der Waals surface area contributed by atoms with E-state index in [0.717, 1.165) is 18.4 Å². The van der Waals surface area contributed by atoms with Crippen LogP contribution in [0.25, 0.3) is 0 Å². The molecular weight excluding hydrogens is 238 g/mol. The molecule has 0 N–H and O–H groups in total. The molecule has 0 saturated carbocycles. The summed E-state index contributed by atoms with van der Waals surface area (Å²) in [6.07, 6.45) is 2.25. The van der Waals surface area contributed by atoms with Crippen molar-refractivity contribution in [3.05, 3.63) is 35.4 Å². The lowest BCUT2D eigenvalue weighted by molar-refractivity contribution is -0.130. The first-order chi connectivity index (χ1) is 8.22. The third-order valence-electron chi connectivity index (χ3n) is 2.90. The molecule has 1 saturated heterocycles. The van der Waals surface area contributed by atoms with Gasteiger partial charge in [0.15, 0.2) is 0 Å². The van der Waals surface area contributed by atoms with Crippen LogP contribution in [0.15, 0.2) is 24.3 Å². The lowest BCUT2D eigenvalue weighted by Gasteiger charge is -2.24. The molecule has 0 atom stereocenters. The van der Waals surface area contributed by atoms with Gasteiger partial charge in [0.2, 0.25) is 5.91 Å². The van der Waals surface area contributed by atoms with E-state index in [4.69, 9.17) is 11.6 Å². The Morgan fingerprint density at radius 1 is 1.35 bits per heavy atom. The van der Waals surface area contributed by atoms with Gasteiger partial charge in [-0.3, -0.25) is 14.5 Å². The molecule has 0 spiro atoms. The van der Waals surface area contributed by atoms with Gasteiger partial charge in [-0.05, 0) is 30.5 Å². The standard InChI is InChI=1S/C13H14ClNO2/c14-9-10-4-3-5-11(8-10)13(17)15-7-2-1-6-12(15)16/h3-5,8H,1-2,6-7,9H2. The van der Waals surface area contributed by atoms with Crippen LogP contribution in [0.3, 0.4) is 0 Å². The maximum Gasteiger partial charge on any atom is 0.260 e. The summed E-state index contributed by atoms with van der Waals surface area (Å²) in [4.78, 5) is 25.1. The summed E-state index contributed by atoms with van der Waals surface area (Å²) in [6.45, 7) is 0.531. The SMILES string of the molecule is O=C1CCCCN1C(=O)c1cccc(CCl)c1. The molecule has 0 radical (unpaired) electrons. The number of carbonyl (C=O) groups is 2. The van der Waals surface area contributed by atoms with E-state index < -0.39 is 0 Å². The lowest BCUT2D eigenvalue weighted by atomic mass is 10.1. The molecule has 4 heteroatoms. The number of benzene rings is 1. The topological polar surface area (TPSA) is 37.4 Å². The Bertz CT molecular complexity index is 445. The second kappa shape index (κ2) is 5.32. The minimum atomic E-state index is -0.207. The maximum absolute atomic E-state index is 12.1. The summed E-state index contributed by atoms with van der Waals surface area (Å²) in [5.74, 6) is 0.0916. The van der Waals surface area contributed by atoms with Crippen LogP contribution >= 0.6 is 11.6 Å². The highest BCUT2D eigenvalue weighted by molar-refractivity contribution is 6.17. The van der Waals surface area contributed by atoms with Gasteiger partial charge in [-0.15, -0.1) is 11.6 Å². The van der Waals surface area contributed by atoms with Crippen LogP contribution in [-0.4, -0.2) is 23.3 Å². The molecule has 3 nitrogen and oxygen atoms in total. The zero-order valence-corrected chi connectivity index (χ0v) is 10.2. The van der Waals surface area contributed by atoms with Crippen LogP contribution in [-0.2, 0) is 10.7 Å². The summed E-state index contributed by atoms with van der Waals surface area (Å²) in [6, 6.07) is 7.12. The molecule has 2 amide bonds. The summed E-state index contributed by atoms with van der Waals surface area (Å²) >= 11 is 5.73. The molecule has 1 heterocycles. The van der Waals surface area contributed by atoms with E-state index >= 15 is 0 Å². The van der Waals surface area contributed by atoms with Crippen molar-refractivity contribution in [2.45, 2.75) is 25.1 Å². The van der Waals surface area contributed by atoms with Crippen molar-refractivity contribution in [2.75, 3.05) is 6.54 Å². The second-order valence-corrected chi connectivity index (χ2v) is 4.41. The normalized spacial score (nSPS) is 16.1. The van der Waals surface area contributed by atoms with Crippen molar-refractivity contribution in [1.29, 1.82) is 0 Å². The van der Waals surface area contributed by atoms with Crippen molar-refractivity contribution < 1.29 is 9.59 Å². The van der Waals surface area contributed by atoms with Crippen molar-refractivity contribution in [3.63, 3.8) is 0 Å². The highest BCUT2D eigenvalue weighted by Gasteiger charge is 2.25. The van der Waals surface area contributed by atoms with E-state index in [0.29, 0.717) is 24.4 Å². The number of amides is 2. The molecule has 0 aromatic heterocycles.